The van der Waals surface area contributed by atoms with Gasteiger partial charge in [0.25, 0.3) is 11.1 Å². The normalized spacial score (nSPS) is 14.1. The molecule has 1 N–H and O–H groups in total. The molecule has 0 bridgehead atoms. The SMILES string of the molecule is CCOc1cc(/C=C2/SC(=O)N(CC(=O)Nc3ccc(OC)cc3)C2=O)ccc1OCC(=O)OC. The van der Waals surface area contributed by atoms with E-state index < -0.39 is 29.6 Å². The quantitative estimate of drug-likeness (QED) is 0.387. The van der Waals surface area contributed by atoms with Crippen LogP contribution in [0.3, 0.4) is 0 Å². The van der Waals surface area contributed by atoms with Gasteiger partial charge in [-0.2, -0.15) is 0 Å². The second-order valence-electron chi connectivity index (χ2n) is 7.05. The minimum absolute atomic E-state index is 0.165. The first-order chi connectivity index (χ1) is 16.8. The minimum atomic E-state index is -0.575. The lowest BCUT2D eigenvalue weighted by atomic mass is 10.2. The van der Waals surface area contributed by atoms with Crippen LogP contribution < -0.4 is 19.5 Å². The van der Waals surface area contributed by atoms with E-state index in [4.69, 9.17) is 14.2 Å². The lowest BCUT2D eigenvalue weighted by Crippen LogP contribution is -2.36. The number of nitrogens with one attached hydrogen (secondary N) is 1. The molecular weight excluding hydrogens is 476 g/mol. The Morgan fingerprint density at radius 2 is 1.77 bits per heavy atom. The molecule has 2 aromatic rings. The van der Waals surface area contributed by atoms with Crippen molar-refractivity contribution in [2.24, 2.45) is 0 Å². The Kier molecular flexibility index (Phi) is 8.74. The zero-order valence-corrected chi connectivity index (χ0v) is 20.2. The van der Waals surface area contributed by atoms with E-state index in [1.807, 2.05) is 0 Å². The molecule has 1 saturated heterocycles. The van der Waals surface area contributed by atoms with E-state index in [1.165, 1.54) is 20.3 Å². The van der Waals surface area contributed by atoms with Gasteiger partial charge in [0.2, 0.25) is 5.91 Å². The summed E-state index contributed by atoms with van der Waals surface area (Å²) in [5, 5.41) is 2.10. The molecule has 10 nitrogen and oxygen atoms in total. The number of hydrogen-bond donors (Lipinski definition) is 1. The number of nitrogens with zero attached hydrogens (tertiary/aromatic N) is 1. The van der Waals surface area contributed by atoms with Gasteiger partial charge in [-0.05, 0) is 66.7 Å². The van der Waals surface area contributed by atoms with Crippen LogP contribution in [0.1, 0.15) is 12.5 Å². The molecule has 1 heterocycles. The first kappa shape index (κ1) is 25.6. The average molecular weight is 501 g/mol. The fourth-order valence-corrected chi connectivity index (χ4v) is 3.84. The zero-order valence-electron chi connectivity index (χ0n) is 19.4. The Bertz CT molecular complexity index is 1150. The molecule has 0 atom stereocenters. The Morgan fingerprint density at radius 3 is 2.43 bits per heavy atom. The van der Waals surface area contributed by atoms with Gasteiger partial charge in [-0.1, -0.05) is 6.07 Å². The van der Waals surface area contributed by atoms with Gasteiger partial charge in [0.15, 0.2) is 18.1 Å². The molecular formula is C24H24N2O8S. The van der Waals surface area contributed by atoms with Crippen LogP contribution in [-0.4, -0.2) is 61.9 Å². The number of rotatable bonds is 10. The molecule has 1 fully saturated rings. The van der Waals surface area contributed by atoms with Crippen molar-refractivity contribution < 1.29 is 38.1 Å². The molecule has 1 aliphatic heterocycles. The lowest BCUT2D eigenvalue weighted by molar-refractivity contribution is -0.143. The monoisotopic (exact) mass is 500 g/mol. The van der Waals surface area contributed by atoms with Gasteiger partial charge in [0.05, 0.1) is 25.7 Å². The third-order valence-electron chi connectivity index (χ3n) is 4.69. The van der Waals surface area contributed by atoms with Crippen LogP contribution in [0.25, 0.3) is 6.08 Å². The maximum Gasteiger partial charge on any atom is 0.343 e. The predicted octanol–water partition coefficient (Wildman–Crippen LogP) is 3.32. The van der Waals surface area contributed by atoms with E-state index in [-0.39, 0.29) is 11.5 Å². The number of imide groups is 1. The number of amides is 3. The summed E-state index contributed by atoms with van der Waals surface area (Å²) in [6.07, 6.45) is 1.53. The summed E-state index contributed by atoms with van der Waals surface area (Å²) in [7, 11) is 2.79. The summed E-state index contributed by atoms with van der Waals surface area (Å²) in [6.45, 7) is 1.43. The average Bonchev–Trinajstić information content (AvgIpc) is 3.11. The van der Waals surface area contributed by atoms with Crippen molar-refractivity contribution in [3.8, 4) is 17.2 Å². The number of esters is 1. The second-order valence-corrected chi connectivity index (χ2v) is 8.04. The van der Waals surface area contributed by atoms with Crippen molar-refractivity contribution in [1.29, 1.82) is 0 Å². The number of ether oxygens (including phenoxy) is 4. The van der Waals surface area contributed by atoms with Crippen LogP contribution in [0, 0.1) is 0 Å². The summed E-state index contributed by atoms with van der Waals surface area (Å²) in [5.41, 5.74) is 1.09. The van der Waals surface area contributed by atoms with Crippen LogP contribution in [0.15, 0.2) is 47.4 Å². The molecule has 0 spiro atoms. The van der Waals surface area contributed by atoms with Crippen molar-refractivity contribution >= 4 is 46.5 Å². The number of benzene rings is 2. The van der Waals surface area contributed by atoms with Gasteiger partial charge in [-0.25, -0.2) is 4.79 Å². The van der Waals surface area contributed by atoms with Gasteiger partial charge in [0.1, 0.15) is 12.3 Å². The summed E-state index contributed by atoms with van der Waals surface area (Å²) >= 11 is 0.739. The molecule has 0 aliphatic carbocycles. The highest BCUT2D eigenvalue weighted by atomic mass is 32.2. The molecule has 3 amide bonds. The Hall–Kier alpha value is -3.99. The zero-order chi connectivity index (χ0) is 25.4. The molecule has 11 heteroatoms. The van der Waals surface area contributed by atoms with E-state index >= 15 is 0 Å². The summed E-state index contributed by atoms with van der Waals surface area (Å²) in [5.74, 6) is -0.296. The molecule has 0 aromatic heterocycles. The van der Waals surface area contributed by atoms with Crippen LogP contribution >= 0.6 is 11.8 Å². The van der Waals surface area contributed by atoms with Crippen LogP contribution in [-0.2, 0) is 19.1 Å². The van der Waals surface area contributed by atoms with Crippen molar-refractivity contribution in [3.05, 3.63) is 52.9 Å². The van der Waals surface area contributed by atoms with Crippen molar-refractivity contribution in [3.63, 3.8) is 0 Å². The van der Waals surface area contributed by atoms with Crippen molar-refractivity contribution in [2.45, 2.75) is 6.92 Å². The maximum absolute atomic E-state index is 12.8. The standard InChI is InChI=1S/C24H24N2O8S/c1-4-33-19-11-15(5-10-18(19)34-14-22(28)32-3)12-20-23(29)26(24(30)35-20)13-21(27)25-16-6-8-17(31-2)9-7-16/h5-12H,4,13-14H2,1-3H3,(H,25,27)/b20-12+. The summed E-state index contributed by atoms with van der Waals surface area (Å²) in [6, 6.07) is 11.5. The maximum atomic E-state index is 12.8. The van der Waals surface area contributed by atoms with E-state index in [1.54, 1.807) is 49.4 Å². The third-order valence-corrected chi connectivity index (χ3v) is 5.60. The van der Waals surface area contributed by atoms with Crippen LogP contribution in [0.2, 0.25) is 0 Å². The number of hydrogen-bond acceptors (Lipinski definition) is 9. The van der Waals surface area contributed by atoms with E-state index in [0.717, 1.165) is 16.7 Å². The number of carbonyl (C=O) groups excluding carboxylic acids is 4. The first-order valence-corrected chi connectivity index (χ1v) is 11.3. The van der Waals surface area contributed by atoms with E-state index in [0.29, 0.717) is 35.1 Å². The molecule has 1 aliphatic rings. The van der Waals surface area contributed by atoms with E-state index in [9.17, 15) is 19.2 Å². The van der Waals surface area contributed by atoms with Gasteiger partial charge in [-0.15, -0.1) is 0 Å². The molecule has 0 radical (unpaired) electrons. The molecule has 184 valence electrons. The summed E-state index contributed by atoms with van der Waals surface area (Å²) in [4.78, 5) is 50.0. The Balaban J connectivity index is 1.69. The number of methoxy groups -OCH3 is 2. The Morgan fingerprint density at radius 1 is 1.03 bits per heavy atom. The van der Waals surface area contributed by atoms with Gasteiger partial charge >= 0.3 is 5.97 Å². The minimum Gasteiger partial charge on any atom is -0.497 e. The smallest absolute Gasteiger partial charge is 0.343 e. The molecule has 3 rings (SSSR count). The largest absolute Gasteiger partial charge is 0.497 e. The highest BCUT2D eigenvalue weighted by Gasteiger charge is 2.36. The number of carbonyl (C=O) groups is 4. The van der Waals surface area contributed by atoms with Gasteiger partial charge in [0, 0.05) is 5.69 Å². The Labute approximate surface area is 206 Å². The highest BCUT2D eigenvalue weighted by molar-refractivity contribution is 8.18. The lowest BCUT2D eigenvalue weighted by Gasteiger charge is -2.13. The topological polar surface area (TPSA) is 120 Å². The van der Waals surface area contributed by atoms with Crippen molar-refractivity contribution in [2.75, 3.05) is 39.3 Å². The highest BCUT2D eigenvalue weighted by Crippen LogP contribution is 2.34. The second kappa shape index (κ2) is 11.9. The van der Waals surface area contributed by atoms with Crippen LogP contribution in [0.4, 0.5) is 10.5 Å². The van der Waals surface area contributed by atoms with Crippen LogP contribution in [0.5, 0.6) is 17.2 Å². The van der Waals surface area contributed by atoms with Gasteiger partial charge in [-0.3, -0.25) is 19.3 Å². The first-order valence-electron chi connectivity index (χ1n) is 10.5. The number of anilines is 1. The molecule has 0 saturated carbocycles. The summed E-state index contributed by atoms with van der Waals surface area (Å²) < 4.78 is 20.6. The molecule has 35 heavy (non-hydrogen) atoms. The third kappa shape index (κ3) is 6.76. The van der Waals surface area contributed by atoms with Crippen molar-refractivity contribution in [1.82, 2.24) is 4.90 Å². The number of thioether (sulfide) groups is 1. The van der Waals surface area contributed by atoms with Gasteiger partial charge < -0.3 is 24.3 Å². The molecule has 2 aromatic carbocycles. The predicted molar refractivity (Wildman–Crippen MR) is 129 cm³/mol. The van der Waals surface area contributed by atoms with E-state index in [2.05, 4.69) is 10.1 Å². The fraction of sp³-hybridized carbons (Fsp3) is 0.250. The molecule has 0 unspecified atom stereocenters. The fourth-order valence-electron chi connectivity index (χ4n) is 3.00.